The fourth-order valence-corrected chi connectivity index (χ4v) is 2.94. The maximum absolute atomic E-state index is 13.0. The zero-order valence-electron chi connectivity index (χ0n) is 13.9. The molecule has 130 valence electrons. The van der Waals surface area contributed by atoms with Crippen molar-refractivity contribution < 1.29 is 18.7 Å². The van der Waals surface area contributed by atoms with Gasteiger partial charge in [-0.1, -0.05) is 0 Å². The molecule has 1 fully saturated rings. The van der Waals surface area contributed by atoms with E-state index in [0.29, 0.717) is 30.0 Å². The second kappa shape index (κ2) is 7.34. The molecule has 6 heteroatoms. The second-order valence-corrected chi connectivity index (χ2v) is 5.88. The van der Waals surface area contributed by atoms with E-state index < -0.39 is 11.9 Å². The van der Waals surface area contributed by atoms with Gasteiger partial charge in [-0.15, -0.1) is 0 Å². The number of halogens is 1. The molecule has 1 N–H and O–H groups in total. The molecule has 2 aromatic rings. The third-order valence-corrected chi connectivity index (χ3v) is 4.27. The van der Waals surface area contributed by atoms with Crippen molar-refractivity contribution in [3.63, 3.8) is 0 Å². The fourth-order valence-electron chi connectivity index (χ4n) is 2.94. The van der Waals surface area contributed by atoms with Gasteiger partial charge in [-0.2, -0.15) is 0 Å². The molecule has 1 atom stereocenters. The molecule has 1 aliphatic rings. The number of carbonyl (C=O) groups is 2. The number of benzene rings is 2. The molecule has 2 aromatic carbocycles. The number of amides is 2. The van der Waals surface area contributed by atoms with Gasteiger partial charge >= 0.3 is 0 Å². The Morgan fingerprint density at radius 2 is 1.80 bits per heavy atom. The van der Waals surface area contributed by atoms with Crippen LogP contribution in [0.3, 0.4) is 0 Å². The quantitative estimate of drug-likeness (QED) is 0.929. The first-order chi connectivity index (χ1) is 12.1. The Kier molecular flexibility index (Phi) is 4.97. The Morgan fingerprint density at radius 3 is 2.44 bits per heavy atom. The number of nitrogens with one attached hydrogen (secondary N) is 1. The van der Waals surface area contributed by atoms with Crippen molar-refractivity contribution in [2.45, 2.75) is 18.9 Å². The van der Waals surface area contributed by atoms with Crippen molar-refractivity contribution >= 4 is 17.5 Å². The molecule has 0 aliphatic carbocycles. The van der Waals surface area contributed by atoms with Crippen molar-refractivity contribution in [2.75, 3.05) is 19.0 Å². The number of ether oxygens (including phenoxy) is 1. The van der Waals surface area contributed by atoms with Crippen LogP contribution in [-0.2, 0) is 4.79 Å². The molecule has 1 heterocycles. The molecule has 1 aliphatic heterocycles. The van der Waals surface area contributed by atoms with Crippen LogP contribution in [0.4, 0.5) is 10.1 Å². The highest BCUT2D eigenvalue weighted by molar-refractivity contribution is 6.01. The van der Waals surface area contributed by atoms with Crippen LogP contribution in [0.5, 0.6) is 5.75 Å². The average Bonchev–Trinajstić information content (AvgIpc) is 3.12. The first-order valence-electron chi connectivity index (χ1n) is 8.10. The lowest BCUT2D eigenvalue weighted by Crippen LogP contribution is -2.43. The van der Waals surface area contributed by atoms with Crippen molar-refractivity contribution in [1.82, 2.24) is 4.90 Å². The molecule has 0 radical (unpaired) electrons. The Morgan fingerprint density at radius 1 is 1.12 bits per heavy atom. The Labute approximate surface area is 145 Å². The SMILES string of the molecule is COc1ccc(NC(=O)[C@@H]2CCCN2C(=O)c2ccc(F)cc2)cc1. The summed E-state index contributed by atoms with van der Waals surface area (Å²) in [6.45, 7) is 0.511. The van der Waals surface area contributed by atoms with Crippen LogP contribution >= 0.6 is 0 Å². The van der Waals surface area contributed by atoms with Crippen LogP contribution < -0.4 is 10.1 Å². The second-order valence-electron chi connectivity index (χ2n) is 5.88. The molecule has 0 saturated carbocycles. The molecule has 0 spiro atoms. The van der Waals surface area contributed by atoms with Gasteiger partial charge in [-0.3, -0.25) is 9.59 Å². The van der Waals surface area contributed by atoms with Gasteiger partial charge in [0.25, 0.3) is 5.91 Å². The Bertz CT molecular complexity index is 759. The minimum absolute atomic E-state index is 0.224. The van der Waals surface area contributed by atoms with Crippen LogP contribution in [0.1, 0.15) is 23.2 Å². The normalized spacial score (nSPS) is 16.6. The molecule has 3 rings (SSSR count). The van der Waals surface area contributed by atoms with Crippen LogP contribution in [0.2, 0.25) is 0 Å². The van der Waals surface area contributed by atoms with Crippen molar-refractivity contribution in [2.24, 2.45) is 0 Å². The number of methoxy groups -OCH3 is 1. The van der Waals surface area contributed by atoms with Crippen molar-refractivity contribution in [1.29, 1.82) is 0 Å². The van der Waals surface area contributed by atoms with Crippen LogP contribution in [0.15, 0.2) is 48.5 Å². The maximum atomic E-state index is 13.0. The van der Waals surface area contributed by atoms with Gasteiger partial charge in [-0.05, 0) is 61.4 Å². The van der Waals surface area contributed by atoms with E-state index in [9.17, 15) is 14.0 Å². The van der Waals surface area contributed by atoms with E-state index in [0.717, 1.165) is 6.42 Å². The maximum Gasteiger partial charge on any atom is 0.254 e. The number of carbonyl (C=O) groups excluding carboxylic acids is 2. The summed E-state index contributed by atoms with van der Waals surface area (Å²) in [5, 5.41) is 2.83. The number of likely N-dealkylation sites (tertiary alicyclic amines) is 1. The molecule has 0 bridgehead atoms. The summed E-state index contributed by atoms with van der Waals surface area (Å²) in [4.78, 5) is 26.7. The molecule has 1 saturated heterocycles. The number of rotatable bonds is 4. The lowest BCUT2D eigenvalue weighted by Gasteiger charge is -2.24. The largest absolute Gasteiger partial charge is 0.497 e. The highest BCUT2D eigenvalue weighted by atomic mass is 19.1. The van der Waals surface area contributed by atoms with E-state index in [4.69, 9.17) is 4.74 Å². The summed E-state index contributed by atoms with van der Waals surface area (Å²) in [7, 11) is 1.57. The predicted octanol–water partition coefficient (Wildman–Crippen LogP) is 3.08. The van der Waals surface area contributed by atoms with Gasteiger partial charge in [0.2, 0.25) is 5.91 Å². The predicted molar refractivity (Wildman–Crippen MR) is 92.1 cm³/mol. The van der Waals surface area contributed by atoms with E-state index >= 15 is 0 Å². The highest BCUT2D eigenvalue weighted by Gasteiger charge is 2.34. The summed E-state index contributed by atoms with van der Waals surface area (Å²) in [5.74, 6) is -0.177. The first-order valence-corrected chi connectivity index (χ1v) is 8.10. The standard InChI is InChI=1S/C19H19FN2O3/c1-25-16-10-8-15(9-11-16)21-18(23)17-3-2-12-22(17)19(24)13-4-6-14(20)7-5-13/h4-11,17H,2-3,12H2,1H3,(H,21,23)/t17-/m0/s1. The molecule has 2 amide bonds. The van der Waals surface area contributed by atoms with Gasteiger partial charge in [0.05, 0.1) is 7.11 Å². The summed E-state index contributed by atoms with van der Waals surface area (Å²) >= 11 is 0. The smallest absolute Gasteiger partial charge is 0.254 e. The number of hydrogen-bond donors (Lipinski definition) is 1. The third-order valence-electron chi connectivity index (χ3n) is 4.27. The van der Waals surface area contributed by atoms with Crippen molar-refractivity contribution in [3.05, 3.63) is 59.9 Å². The molecular formula is C19H19FN2O3. The summed E-state index contributed by atoms with van der Waals surface area (Å²) in [6.07, 6.45) is 1.36. The third kappa shape index (κ3) is 3.79. The molecule has 5 nitrogen and oxygen atoms in total. The summed E-state index contributed by atoms with van der Waals surface area (Å²) < 4.78 is 18.1. The topological polar surface area (TPSA) is 58.6 Å². The van der Waals surface area contributed by atoms with E-state index in [1.165, 1.54) is 24.3 Å². The monoisotopic (exact) mass is 342 g/mol. The molecular weight excluding hydrogens is 323 g/mol. The highest BCUT2D eigenvalue weighted by Crippen LogP contribution is 2.22. The van der Waals surface area contributed by atoms with Gasteiger partial charge in [0.1, 0.15) is 17.6 Å². The van der Waals surface area contributed by atoms with Gasteiger partial charge in [0.15, 0.2) is 0 Å². The summed E-state index contributed by atoms with van der Waals surface area (Å²) in [6, 6.07) is 11.8. The minimum Gasteiger partial charge on any atom is -0.497 e. The zero-order chi connectivity index (χ0) is 17.8. The Balaban J connectivity index is 1.70. The summed E-state index contributed by atoms with van der Waals surface area (Å²) in [5.41, 5.74) is 1.03. The van der Waals surface area contributed by atoms with Gasteiger partial charge in [-0.25, -0.2) is 4.39 Å². The number of hydrogen-bond acceptors (Lipinski definition) is 3. The van der Waals surface area contributed by atoms with E-state index in [2.05, 4.69) is 5.32 Å². The minimum atomic E-state index is -0.528. The fraction of sp³-hybridized carbons (Fsp3) is 0.263. The zero-order valence-corrected chi connectivity index (χ0v) is 13.9. The first kappa shape index (κ1) is 17.0. The van der Waals surface area contributed by atoms with Crippen LogP contribution in [0, 0.1) is 5.82 Å². The lowest BCUT2D eigenvalue weighted by molar-refractivity contribution is -0.119. The van der Waals surface area contributed by atoms with Crippen molar-refractivity contribution in [3.8, 4) is 5.75 Å². The van der Waals surface area contributed by atoms with Gasteiger partial charge in [0, 0.05) is 17.8 Å². The Hall–Kier alpha value is -2.89. The lowest BCUT2D eigenvalue weighted by atomic mass is 10.1. The average molecular weight is 342 g/mol. The van der Waals surface area contributed by atoms with Crippen LogP contribution in [-0.4, -0.2) is 36.4 Å². The number of anilines is 1. The van der Waals surface area contributed by atoms with E-state index in [-0.39, 0.29) is 11.8 Å². The molecule has 0 aromatic heterocycles. The molecule has 0 unspecified atom stereocenters. The van der Waals surface area contributed by atoms with E-state index in [1.807, 2.05) is 0 Å². The van der Waals surface area contributed by atoms with Gasteiger partial charge < -0.3 is 15.0 Å². The van der Waals surface area contributed by atoms with E-state index in [1.54, 1.807) is 36.3 Å². The number of nitrogens with zero attached hydrogens (tertiary/aromatic N) is 1. The molecule has 25 heavy (non-hydrogen) atoms. The van der Waals surface area contributed by atoms with Crippen LogP contribution in [0.25, 0.3) is 0 Å².